The number of β-amino-alcohol motifs (C(OH)–C–C–N with tert-alkyl or cyclic N) is 1. The fourth-order valence-corrected chi connectivity index (χ4v) is 1.88. The molecular formula is C13H17NO. The number of hydrogen-bond donors (Lipinski definition) is 1. The van der Waals surface area contributed by atoms with Crippen LogP contribution in [0.2, 0.25) is 0 Å². The van der Waals surface area contributed by atoms with Crippen LogP contribution in [0.4, 0.5) is 0 Å². The molecule has 80 valence electrons. The highest BCUT2D eigenvalue weighted by Crippen LogP contribution is 2.08. The minimum absolute atomic E-state index is 0.116. The van der Waals surface area contributed by atoms with Crippen molar-refractivity contribution in [2.75, 3.05) is 19.6 Å². The van der Waals surface area contributed by atoms with Crippen molar-refractivity contribution in [3.63, 3.8) is 0 Å². The van der Waals surface area contributed by atoms with Crippen molar-refractivity contribution in [3.05, 3.63) is 42.0 Å². The predicted octanol–water partition coefficient (Wildman–Crippen LogP) is 1.77. The van der Waals surface area contributed by atoms with Crippen LogP contribution in [0.15, 0.2) is 36.4 Å². The molecule has 0 aromatic heterocycles. The maximum Gasteiger partial charge on any atom is 0.0679 e. The van der Waals surface area contributed by atoms with E-state index in [0.717, 1.165) is 26.1 Å². The van der Waals surface area contributed by atoms with Crippen LogP contribution in [0.3, 0.4) is 0 Å². The van der Waals surface area contributed by atoms with Gasteiger partial charge in [0, 0.05) is 19.6 Å². The van der Waals surface area contributed by atoms with Gasteiger partial charge in [-0.3, -0.25) is 4.90 Å². The van der Waals surface area contributed by atoms with Crippen LogP contribution in [-0.2, 0) is 0 Å². The minimum atomic E-state index is -0.116. The topological polar surface area (TPSA) is 23.5 Å². The zero-order chi connectivity index (χ0) is 10.5. The number of aliphatic hydroxyl groups excluding tert-OH is 1. The highest BCUT2D eigenvalue weighted by molar-refractivity contribution is 5.48. The number of benzene rings is 1. The Morgan fingerprint density at radius 3 is 2.80 bits per heavy atom. The summed E-state index contributed by atoms with van der Waals surface area (Å²) in [7, 11) is 0. The van der Waals surface area contributed by atoms with Gasteiger partial charge < -0.3 is 5.11 Å². The third kappa shape index (κ3) is 3.18. The Labute approximate surface area is 90.8 Å². The third-order valence-electron chi connectivity index (χ3n) is 2.72. The Morgan fingerprint density at radius 1 is 1.33 bits per heavy atom. The van der Waals surface area contributed by atoms with Gasteiger partial charge in [0.2, 0.25) is 0 Å². The molecular weight excluding hydrogens is 186 g/mol. The van der Waals surface area contributed by atoms with Crippen LogP contribution < -0.4 is 0 Å². The smallest absolute Gasteiger partial charge is 0.0679 e. The maximum absolute atomic E-state index is 9.35. The molecule has 0 saturated carbocycles. The first-order valence-corrected chi connectivity index (χ1v) is 5.46. The van der Waals surface area contributed by atoms with Crippen LogP contribution in [0.5, 0.6) is 0 Å². The van der Waals surface area contributed by atoms with Crippen LogP contribution in [0, 0.1) is 0 Å². The average Bonchev–Trinajstić information content (AvgIpc) is 2.66. The van der Waals surface area contributed by atoms with E-state index < -0.39 is 0 Å². The summed E-state index contributed by atoms with van der Waals surface area (Å²) >= 11 is 0. The van der Waals surface area contributed by atoms with Crippen molar-refractivity contribution in [1.82, 2.24) is 4.90 Å². The van der Waals surface area contributed by atoms with E-state index in [1.807, 2.05) is 18.2 Å². The number of aliphatic hydroxyl groups is 1. The second-order valence-corrected chi connectivity index (χ2v) is 4.02. The molecule has 1 aliphatic heterocycles. The summed E-state index contributed by atoms with van der Waals surface area (Å²) in [6.45, 7) is 2.77. The van der Waals surface area contributed by atoms with Gasteiger partial charge in [-0.1, -0.05) is 42.5 Å². The highest BCUT2D eigenvalue weighted by atomic mass is 16.3. The number of nitrogens with zero attached hydrogens (tertiary/aromatic N) is 1. The molecule has 0 bridgehead atoms. The number of hydrogen-bond acceptors (Lipinski definition) is 2. The molecule has 1 aromatic carbocycles. The molecule has 1 fully saturated rings. The van der Waals surface area contributed by atoms with Gasteiger partial charge in [0.05, 0.1) is 6.10 Å². The highest BCUT2D eigenvalue weighted by Gasteiger charge is 2.18. The molecule has 1 heterocycles. The van der Waals surface area contributed by atoms with Crippen molar-refractivity contribution in [2.45, 2.75) is 12.5 Å². The molecule has 0 amide bonds. The Balaban J connectivity index is 1.81. The van der Waals surface area contributed by atoms with Crippen molar-refractivity contribution in [2.24, 2.45) is 0 Å². The molecule has 0 unspecified atom stereocenters. The molecule has 1 N–H and O–H groups in total. The second kappa shape index (κ2) is 5.10. The van der Waals surface area contributed by atoms with Crippen LogP contribution in [0.1, 0.15) is 12.0 Å². The van der Waals surface area contributed by atoms with Gasteiger partial charge in [0.15, 0.2) is 0 Å². The Kier molecular flexibility index (Phi) is 3.54. The number of rotatable bonds is 3. The summed E-state index contributed by atoms with van der Waals surface area (Å²) < 4.78 is 0. The predicted molar refractivity (Wildman–Crippen MR) is 62.5 cm³/mol. The van der Waals surface area contributed by atoms with E-state index >= 15 is 0 Å². The maximum atomic E-state index is 9.35. The van der Waals surface area contributed by atoms with Gasteiger partial charge in [-0.15, -0.1) is 0 Å². The van der Waals surface area contributed by atoms with Gasteiger partial charge in [-0.2, -0.15) is 0 Å². The molecule has 0 spiro atoms. The lowest BCUT2D eigenvalue weighted by atomic mass is 10.2. The molecule has 1 aliphatic rings. The molecule has 0 radical (unpaired) electrons. The van der Waals surface area contributed by atoms with Gasteiger partial charge in [-0.05, 0) is 12.0 Å². The summed E-state index contributed by atoms with van der Waals surface area (Å²) in [6, 6.07) is 10.3. The standard InChI is InChI=1S/C13H17NO/c15-13-8-10-14(11-13)9-4-7-12-5-2-1-3-6-12/h1-7,13,15H,8-11H2/b7-4+/t13-/m1/s1. The van der Waals surface area contributed by atoms with Gasteiger partial charge in [0.25, 0.3) is 0 Å². The van der Waals surface area contributed by atoms with Crippen LogP contribution >= 0.6 is 0 Å². The van der Waals surface area contributed by atoms with Crippen LogP contribution in [-0.4, -0.2) is 35.7 Å². The SMILES string of the molecule is O[C@@H]1CCN(C/C=C/c2ccccc2)C1. The molecule has 2 rings (SSSR count). The zero-order valence-corrected chi connectivity index (χ0v) is 8.84. The second-order valence-electron chi connectivity index (χ2n) is 4.02. The van der Waals surface area contributed by atoms with Crippen molar-refractivity contribution in [3.8, 4) is 0 Å². The Bertz CT molecular complexity index is 321. The van der Waals surface area contributed by atoms with E-state index in [-0.39, 0.29) is 6.10 Å². The molecule has 1 aromatic rings. The van der Waals surface area contributed by atoms with E-state index in [2.05, 4.69) is 29.2 Å². The van der Waals surface area contributed by atoms with Crippen LogP contribution in [0.25, 0.3) is 6.08 Å². The summed E-state index contributed by atoms with van der Waals surface area (Å²) in [6.07, 6.45) is 5.09. The van der Waals surface area contributed by atoms with E-state index in [9.17, 15) is 5.11 Å². The summed E-state index contributed by atoms with van der Waals surface area (Å²) in [5, 5.41) is 9.35. The first-order valence-electron chi connectivity index (χ1n) is 5.46. The summed E-state index contributed by atoms with van der Waals surface area (Å²) in [5.41, 5.74) is 1.23. The van der Waals surface area contributed by atoms with Gasteiger partial charge in [0.1, 0.15) is 0 Å². The van der Waals surface area contributed by atoms with Crippen molar-refractivity contribution < 1.29 is 5.11 Å². The minimum Gasteiger partial charge on any atom is -0.392 e. The third-order valence-corrected chi connectivity index (χ3v) is 2.72. The van der Waals surface area contributed by atoms with Gasteiger partial charge in [-0.25, -0.2) is 0 Å². The van der Waals surface area contributed by atoms with E-state index in [4.69, 9.17) is 0 Å². The normalized spacial score (nSPS) is 22.6. The fourth-order valence-electron chi connectivity index (χ4n) is 1.88. The Hall–Kier alpha value is -1.12. The molecule has 2 nitrogen and oxygen atoms in total. The van der Waals surface area contributed by atoms with Crippen molar-refractivity contribution in [1.29, 1.82) is 0 Å². The lowest BCUT2D eigenvalue weighted by Crippen LogP contribution is -2.21. The largest absolute Gasteiger partial charge is 0.392 e. The first kappa shape index (κ1) is 10.4. The van der Waals surface area contributed by atoms with E-state index in [1.54, 1.807) is 0 Å². The fraction of sp³-hybridized carbons (Fsp3) is 0.385. The molecule has 0 aliphatic carbocycles. The number of likely N-dealkylation sites (tertiary alicyclic amines) is 1. The van der Waals surface area contributed by atoms with Gasteiger partial charge >= 0.3 is 0 Å². The lowest BCUT2D eigenvalue weighted by molar-refractivity contribution is 0.179. The monoisotopic (exact) mass is 203 g/mol. The zero-order valence-electron chi connectivity index (χ0n) is 8.84. The first-order chi connectivity index (χ1) is 7.34. The summed E-state index contributed by atoms with van der Waals surface area (Å²) in [4.78, 5) is 2.27. The Morgan fingerprint density at radius 2 is 2.13 bits per heavy atom. The lowest BCUT2D eigenvalue weighted by Gasteiger charge is -2.10. The summed E-state index contributed by atoms with van der Waals surface area (Å²) in [5.74, 6) is 0. The van der Waals surface area contributed by atoms with E-state index in [0.29, 0.717) is 0 Å². The molecule has 15 heavy (non-hydrogen) atoms. The quantitative estimate of drug-likeness (QED) is 0.809. The van der Waals surface area contributed by atoms with Crippen molar-refractivity contribution >= 4 is 6.08 Å². The van der Waals surface area contributed by atoms with E-state index in [1.165, 1.54) is 5.56 Å². The average molecular weight is 203 g/mol. The molecule has 1 atom stereocenters. The molecule has 2 heteroatoms. The molecule has 1 saturated heterocycles.